The maximum absolute atomic E-state index is 12.5. The minimum absolute atomic E-state index is 0. The van der Waals surface area contributed by atoms with E-state index in [4.69, 9.17) is 0 Å². The van der Waals surface area contributed by atoms with Gasteiger partial charge in [-0.1, -0.05) is 6.42 Å². The van der Waals surface area contributed by atoms with Crippen LogP contribution in [0.15, 0.2) is 23.0 Å². The molecule has 2 aliphatic rings. The number of carbonyl (C=O) groups is 1. The predicted molar refractivity (Wildman–Crippen MR) is 111 cm³/mol. The summed E-state index contributed by atoms with van der Waals surface area (Å²) < 4.78 is 0. The summed E-state index contributed by atoms with van der Waals surface area (Å²) in [6.07, 6.45) is 5.57. The van der Waals surface area contributed by atoms with Gasteiger partial charge in [-0.3, -0.25) is 9.59 Å². The highest BCUT2D eigenvalue weighted by Gasteiger charge is 2.17. The second-order valence-corrected chi connectivity index (χ2v) is 7.26. The van der Waals surface area contributed by atoms with Crippen LogP contribution in [0, 0.1) is 0 Å². The Morgan fingerprint density at radius 2 is 1.96 bits per heavy atom. The molecule has 0 bridgehead atoms. The molecular formula is C20H27ClN4O2. The topological polar surface area (TPSA) is 77.2 Å². The first-order valence-corrected chi connectivity index (χ1v) is 9.66. The summed E-state index contributed by atoms with van der Waals surface area (Å²) in [5, 5.41) is 7.29. The summed E-state index contributed by atoms with van der Waals surface area (Å²) in [7, 11) is 0. The first kappa shape index (κ1) is 19.7. The van der Waals surface area contributed by atoms with E-state index in [0.29, 0.717) is 12.1 Å². The third-order valence-corrected chi connectivity index (χ3v) is 5.44. The molecule has 0 atom stereocenters. The SMILES string of the molecule is Cl.O=C(NCCN1CCCCC1)c1ccc2[nH]c(=O)c3c(c2c1)NCCC3. The van der Waals surface area contributed by atoms with Gasteiger partial charge in [0.1, 0.15) is 0 Å². The molecule has 2 aromatic rings. The number of benzene rings is 1. The van der Waals surface area contributed by atoms with E-state index in [9.17, 15) is 9.59 Å². The van der Waals surface area contributed by atoms with Crippen molar-refractivity contribution >= 4 is 34.9 Å². The van der Waals surface area contributed by atoms with Crippen molar-refractivity contribution in [3.63, 3.8) is 0 Å². The lowest BCUT2D eigenvalue weighted by molar-refractivity contribution is 0.0946. The first-order valence-electron chi connectivity index (χ1n) is 9.66. The van der Waals surface area contributed by atoms with Crippen molar-refractivity contribution in [1.29, 1.82) is 0 Å². The Balaban J connectivity index is 0.00000210. The summed E-state index contributed by atoms with van der Waals surface area (Å²) >= 11 is 0. The Bertz CT molecular complexity index is 874. The highest BCUT2D eigenvalue weighted by molar-refractivity contribution is 6.01. The average molecular weight is 391 g/mol. The Morgan fingerprint density at radius 1 is 1.15 bits per heavy atom. The third kappa shape index (κ3) is 4.28. The van der Waals surface area contributed by atoms with E-state index in [2.05, 4.69) is 20.5 Å². The van der Waals surface area contributed by atoms with Crippen LogP contribution in [0.5, 0.6) is 0 Å². The lowest BCUT2D eigenvalue weighted by Crippen LogP contribution is -2.37. The fraction of sp³-hybridized carbons (Fsp3) is 0.500. The lowest BCUT2D eigenvalue weighted by Gasteiger charge is -2.26. The number of hydrogen-bond acceptors (Lipinski definition) is 4. The van der Waals surface area contributed by atoms with Crippen molar-refractivity contribution in [2.75, 3.05) is 38.0 Å². The summed E-state index contributed by atoms with van der Waals surface area (Å²) in [6, 6.07) is 5.50. The van der Waals surface area contributed by atoms with E-state index in [1.807, 2.05) is 12.1 Å². The van der Waals surface area contributed by atoms with Gasteiger partial charge in [0.2, 0.25) is 0 Å². The zero-order chi connectivity index (χ0) is 17.9. The molecule has 3 heterocycles. The Hall–Kier alpha value is -2.05. The summed E-state index contributed by atoms with van der Waals surface area (Å²) in [5.41, 5.74) is 3.06. The first-order chi connectivity index (χ1) is 12.7. The molecule has 6 nitrogen and oxygen atoms in total. The van der Waals surface area contributed by atoms with Crippen molar-refractivity contribution in [2.24, 2.45) is 0 Å². The lowest BCUT2D eigenvalue weighted by atomic mass is 10.00. The number of rotatable bonds is 4. The van der Waals surface area contributed by atoms with E-state index >= 15 is 0 Å². The van der Waals surface area contributed by atoms with Crippen LogP contribution in [-0.2, 0) is 6.42 Å². The molecule has 1 fully saturated rings. The second-order valence-electron chi connectivity index (χ2n) is 7.26. The number of halogens is 1. The fourth-order valence-corrected chi connectivity index (χ4v) is 4.01. The zero-order valence-electron chi connectivity index (χ0n) is 15.5. The van der Waals surface area contributed by atoms with Crippen molar-refractivity contribution in [3.8, 4) is 0 Å². The second kappa shape index (κ2) is 8.76. The third-order valence-electron chi connectivity index (χ3n) is 5.44. The number of aromatic nitrogens is 1. The van der Waals surface area contributed by atoms with E-state index in [1.54, 1.807) is 6.07 Å². The molecule has 1 amide bonds. The molecule has 7 heteroatoms. The number of H-pyrrole nitrogens is 1. The zero-order valence-corrected chi connectivity index (χ0v) is 16.3. The number of fused-ring (bicyclic) bond motifs is 3. The molecule has 0 saturated carbocycles. The predicted octanol–water partition coefficient (Wildman–Crippen LogP) is 2.52. The van der Waals surface area contributed by atoms with Gasteiger partial charge in [0.25, 0.3) is 11.5 Å². The largest absolute Gasteiger partial charge is 0.384 e. The summed E-state index contributed by atoms with van der Waals surface area (Å²) in [5.74, 6) is -0.0559. The van der Waals surface area contributed by atoms with E-state index < -0.39 is 0 Å². The molecule has 4 rings (SSSR count). The van der Waals surface area contributed by atoms with E-state index in [1.165, 1.54) is 19.3 Å². The van der Waals surface area contributed by atoms with Crippen LogP contribution in [0.2, 0.25) is 0 Å². The van der Waals surface area contributed by atoms with Crippen LogP contribution in [0.4, 0.5) is 5.69 Å². The van der Waals surface area contributed by atoms with Crippen molar-refractivity contribution in [3.05, 3.63) is 39.7 Å². The number of amides is 1. The highest BCUT2D eigenvalue weighted by atomic mass is 35.5. The van der Waals surface area contributed by atoms with Crippen LogP contribution >= 0.6 is 12.4 Å². The van der Waals surface area contributed by atoms with Crippen LogP contribution < -0.4 is 16.2 Å². The minimum atomic E-state index is -0.0559. The van der Waals surface area contributed by atoms with Gasteiger partial charge >= 0.3 is 0 Å². The van der Waals surface area contributed by atoms with Crippen LogP contribution in [0.1, 0.15) is 41.6 Å². The number of carbonyl (C=O) groups excluding carboxylic acids is 1. The summed E-state index contributed by atoms with van der Waals surface area (Å²) in [4.78, 5) is 30.1. The quantitative estimate of drug-likeness (QED) is 0.749. The summed E-state index contributed by atoms with van der Waals surface area (Å²) in [6.45, 7) is 4.70. The van der Waals surface area contributed by atoms with Gasteiger partial charge in [-0.15, -0.1) is 12.4 Å². The Morgan fingerprint density at radius 3 is 2.78 bits per heavy atom. The molecular weight excluding hydrogens is 364 g/mol. The number of pyridine rings is 1. The highest BCUT2D eigenvalue weighted by Crippen LogP contribution is 2.28. The molecule has 27 heavy (non-hydrogen) atoms. The molecule has 0 unspecified atom stereocenters. The number of hydrogen-bond donors (Lipinski definition) is 3. The van der Waals surface area contributed by atoms with E-state index in [-0.39, 0.29) is 23.9 Å². The molecule has 1 saturated heterocycles. The van der Waals surface area contributed by atoms with E-state index in [0.717, 1.165) is 61.2 Å². The number of likely N-dealkylation sites (tertiary alicyclic amines) is 1. The number of nitrogens with one attached hydrogen (secondary N) is 3. The standard InChI is InChI=1S/C20H26N4O2.ClH/c25-19(22-9-12-24-10-2-1-3-11-24)14-6-7-17-16(13-14)18-15(20(26)23-17)5-4-8-21-18;/h6-7,13,21H,1-5,8-12H2,(H,22,25)(H,23,26);1H. The fourth-order valence-electron chi connectivity index (χ4n) is 4.01. The molecule has 1 aromatic heterocycles. The van der Waals surface area contributed by atoms with Crippen molar-refractivity contribution in [2.45, 2.75) is 32.1 Å². The average Bonchev–Trinajstić information content (AvgIpc) is 2.69. The molecule has 2 aliphatic heterocycles. The Labute approximate surface area is 165 Å². The van der Waals surface area contributed by atoms with Crippen LogP contribution in [0.3, 0.4) is 0 Å². The maximum atomic E-state index is 12.5. The van der Waals surface area contributed by atoms with Gasteiger partial charge in [-0.25, -0.2) is 0 Å². The van der Waals surface area contributed by atoms with Gasteiger partial charge in [0.05, 0.1) is 11.2 Å². The van der Waals surface area contributed by atoms with Gasteiger partial charge in [-0.05, 0) is 57.0 Å². The monoisotopic (exact) mass is 390 g/mol. The molecule has 0 aliphatic carbocycles. The minimum Gasteiger partial charge on any atom is -0.384 e. The Kier molecular flexibility index (Phi) is 6.39. The number of anilines is 1. The van der Waals surface area contributed by atoms with Gasteiger partial charge in [-0.2, -0.15) is 0 Å². The van der Waals surface area contributed by atoms with Crippen LogP contribution in [0.25, 0.3) is 10.9 Å². The van der Waals surface area contributed by atoms with Gasteiger partial charge in [0.15, 0.2) is 0 Å². The van der Waals surface area contributed by atoms with Gasteiger partial charge in [0, 0.05) is 36.1 Å². The van der Waals surface area contributed by atoms with Crippen molar-refractivity contribution < 1.29 is 4.79 Å². The van der Waals surface area contributed by atoms with Crippen molar-refractivity contribution in [1.82, 2.24) is 15.2 Å². The number of nitrogens with zero attached hydrogens (tertiary/aromatic N) is 1. The molecule has 0 radical (unpaired) electrons. The van der Waals surface area contributed by atoms with Gasteiger partial charge < -0.3 is 20.5 Å². The molecule has 3 N–H and O–H groups in total. The maximum Gasteiger partial charge on any atom is 0.253 e. The number of aromatic amines is 1. The molecule has 1 aromatic carbocycles. The molecule has 146 valence electrons. The normalized spacial score (nSPS) is 16.9. The number of piperidine rings is 1. The smallest absolute Gasteiger partial charge is 0.253 e. The van der Waals surface area contributed by atoms with Crippen LogP contribution in [-0.4, -0.2) is 48.5 Å². The molecule has 0 spiro atoms.